The van der Waals surface area contributed by atoms with Gasteiger partial charge in [-0.2, -0.15) is 0 Å². The van der Waals surface area contributed by atoms with Crippen LogP contribution in [-0.4, -0.2) is 31.3 Å². The quantitative estimate of drug-likeness (QED) is 0.762. The van der Waals surface area contributed by atoms with E-state index in [0.717, 1.165) is 0 Å². The van der Waals surface area contributed by atoms with Crippen LogP contribution in [0.1, 0.15) is 32.5 Å². The summed E-state index contributed by atoms with van der Waals surface area (Å²) in [6.45, 7) is 5.89. The lowest BCUT2D eigenvalue weighted by Gasteiger charge is -2.13. The van der Waals surface area contributed by atoms with E-state index in [1.807, 2.05) is 20.8 Å². The molecule has 0 bridgehead atoms. The van der Waals surface area contributed by atoms with Gasteiger partial charge in [0.25, 0.3) is 0 Å². The van der Waals surface area contributed by atoms with Crippen molar-refractivity contribution in [2.24, 2.45) is 5.92 Å². The molecule has 0 saturated heterocycles. The van der Waals surface area contributed by atoms with Gasteiger partial charge in [0.2, 0.25) is 0 Å². The molecule has 1 rings (SSSR count). The Morgan fingerprint density at radius 2 is 2.14 bits per heavy atom. The molecule has 0 amide bonds. The predicted molar refractivity (Wildman–Crippen MR) is 48.7 cm³/mol. The van der Waals surface area contributed by atoms with E-state index in [0.29, 0.717) is 11.7 Å². The largest absolute Gasteiger partial charge is 0.480 e. The number of tetrazole rings is 1. The van der Waals surface area contributed by atoms with E-state index in [1.165, 1.54) is 4.68 Å². The number of carboxylic acids is 1. The molecule has 1 aromatic heterocycles. The summed E-state index contributed by atoms with van der Waals surface area (Å²) in [4.78, 5) is 10.5. The number of rotatable bonds is 4. The summed E-state index contributed by atoms with van der Waals surface area (Å²) in [5.41, 5.74) is 0. The van der Waals surface area contributed by atoms with Gasteiger partial charge in [-0.1, -0.05) is 20.8 Å². The molecule has 6 heteroatoms. The maximum absolute atomic E-state index is 10.5. The van der Waals surface area contributed by atoms with Gasteiger partial charge in [-0.15, -0.1) is 5.10 Å². The van der Waals surface area contributed by atoms with E-state index in [4.69, 9.17) is 5.11 Å². The van der Waals surface area contributed by atoms with Crippen molar-refractivity contribution in [3.63, 3.8) is 0 Å². The number of carbonyl (C=O) groups is 1. The molecule has 0 aromatic carbocycles. The molecule has 1 atom stereocenters. The maximum atomic E-state index is 10.5. The molecule has 1 unspecified atom stereocenters. The lowest BCUT2D eigenvalue weighted by Crippen LogP contribution is -2.17. The zero-order valence-corrected chi connectivity index (χ0v) is 8.51. The maximum Gasteiger partial charge on any atom is 0.325 e. The van der Waals surface area contributed by atoms with Gasteiger partial charge in [0.1, 0.15) is 6.54 Å². The fourth-order valence-electron chi connectivity index (χ4n) is 1.08. The lowest BCUT2D eigenvalue weighted by atomic mass is 9.97. The number of aromatic nitrogens is 4. The summed E-state index contributed by atoms with van der Waals surface area (Å²) in [6.07, 6.45) is 0. The van der Waals surface area contributed by atoms with Gasteiger partial charge < -0.3 is 5.11 Å². The Kier molecular flexibility index (Phi) is 3.16. The summed E-state index contributed by atoms with van der Waals surface area (Å²) >= 11 is 0. The fraction of sp³-hybridized carbons (Fsp3) is 0.750. The third kappa shape index (κ3) is 2.27. The Balaban J connectivity index is 2.86. The first kappa shape index (κ1) is 10.6. The Bertz CT molecular complexity index is 321. The molecule has 1 N–H and O–H groups in total. The van der Waals surface area contributed by atoms with Crippen LogP contribution in [0.2, 0.25) is 0 Å². The summed E-state index contributed by atoms with van der Waals surface area (Å²) in [5, 5.41) is 19.6. The van der Waals surface area contributed by atoms with Crippen LogP contribution in [0.25, 0.3) is 0 Å². The van der Waals surface area contributed by atoms with Gasteiger partial charge in [0, 0.05) is 5.92 Å². The van der Waals surface area contributed by atoms with Gasteiger partial charge in [0.15, 0.2) is 5.82 Å². The van der Waals surface area contributed by atoms with E-state index in [2.05, 4.69) is 15.5 Å². The van der Waals surface area contributed by atoms with Gasteiger partial charge >= 0.3 is 5.97 Å². The summed E-state index contributed by atoms with van der Waals surface area (Å²) in [6, 6.07) is 0. The summed E-state index contributed by atoms with van der Waals surface area (Å²) in [7, 11) is 0. The first-order valence-electron chi connectivity index (χ1n) is 4.50. The van der Waals surface area contributed by atoms with Crippen LogP contribution in [0.3, 0.4) is 0 Å². The Labute approximate surface area is 81.9 Å². The zero-order chi connectivity index (χ0) is 10.7. The van der Waals surface area contributed by atoms with E-state index in [1.54, 1.807) is 0 Å². The molecular weight excluding hydrogens is 184 g/mol. The first-order valence-corrected chi connectivity index (χ1v) is 4.50. The molecule has 1 aromatic rings. The highest BCUT2D eigenvalue weighted by atomic mass is 16.4. The van der Waals surface area contributed by atoms with Gasteiger partial charge in [-0.05, 0) is 16.3 Å². The molecule has 14 heavy (non-hydrogen) atoms. The van der Waals surface area contributed by atoms with Crippen molar-refractivity contribution >= 4 is 5.97 Å². The molecule has 0 radical (unpaired) electrons. The van der Waals surface area contributed by atoms with Crippen LogP contribution < -0.4 is 0 Å². The van der Waals surface area contributed by atoms with Crippen molar-refractivity contribution in [1.29, 1.82) is 0 Å². The number of hydrogen-bond donors (Lipinski definition) is 1. The number of hydrogen-bond acceptors (Lipinski definition) is 4. The van der Waals surface area contributed by atoms with E-state index >= 15 is 0 Å². The van der Waals surface area contributed by atoms with E-state index in [-0.39, 0.29) is 12.5 Å². The second kappa shape index (κ2) is 4.17. The lowest BCUT2D eigenvalue weighted by molar-refractivity contribution is -0.138. The second-order valence-corrected chi connectivity index (χ2v) is 3.62. The Morgan fingerprint density at radius 3 is 2.64 bits per heavy atom. The Morgan fingerprint density at radius 1 is 1.50 bits per heavy atom. The van der Waals surface area contributed by atoms with E-state index in [9.17, 15) is 4.79 Å². The zero-order valence-electron chi connectivity index (χ0n) is 8.51. The molecule has 0 aliphatic rings. The van der Waals surface area contributed by atoms with Crippen molar-refractivity contribution in [1.82, 2.24) is 20.2 Å². The van der Waals surface area contributed by atoms with Crippen molar-refractivity contribution < 1.29 is 9.90 Å². The molecule has 0 fully saturated rings. The number of aliphatic carboxylic acids is 1. The van der Waals surface area contributed by atoms with Crippen LogP contribution in [-0.2, 0) is 11.3 Å². The highest BCUT2D eigenvalue weighted by molar-refractivity contribution is 5.66. The van der Waals surface area contributed by atoms with Crippen molar-refractivity contribution in [2.75, 3.05) is 0 Å². The fourth-order valence-corrected chi connectivity index (χ4v) is 1.08. The smallest absolute Gasteiger partial charge is 0.325 e. The average molecular weight is 198 g/mol. The van der Waals surface area contributed by atoms with Crippen LogP contribution >= 0.6 is 0 Å². The molecule has 0 aliphatic carbocycles. The second-order valence-electron chi connectivity index (χ2n) is 3.62. The molecule has 1 heterocycles. The minimum absolute atomic E-state index is 0.157. The normalized spacial score (nSPS) is 13.1. The monoisotopic (exact) mass is 198 g/mol. The first-order chi connectivity index (χ1) is 6.52. The minimum atomic E-state index is -0.936. The molecule has 0 spiro atoms. The number of carboxylic acid groups (broad SMARTS) is 1. The molecule has 0 aliphatic heterocycles. The average Bonchev–Trinajstić information content (AvgIpc) is 2.49. The topological polar surface area (TPSA) is 80.9 Å². The van der Waals surface area contributed by atoms with Gasteiger partial charge in [-0.3, -0.25) is 4.79 Å². The van der Waals surface area contributed by atoms with Crippen molar-refractivity contribution in [3.8, 4) is 0 Å². The van der Waals surface area contributed by atoms with Crippen molar-refractivity contribution in [3.05, 3.63) is 5.82 Å². The number of nitrogens with zero attached hydrogens (tertiary/aromatic N) is 4. The standard InChI is InChI=1S/C8H14N4O2/c1-5(2)6(3)8-9-10-11-12(8)4-7(13)14/h5-6H,4H2,1-3H3,(H,13,14). The summed E-state index contributed by atoms with van der Waals surface area (Å²) < 4.78 is 1.33. The SMILES string of the molecule is CC(C)C(C)c1nnnn1CC(=O)O. The van der Waals surface area contributed by atoms with Crippen LogP contribution in [0.5, 0.6) is 0 Å². The highest BCUT2D eigenvalue weighted by Gasteiger charge is 2.18. The summed E-state index contributed by atoms with van der Waals surface area (Å²) in [5.74, 6) is 0.231. The van der Waals surface area contributed by atoms with Crippen molar-refractivity contribution in [2.45, 2.75) is 33.2 Å². The van der Waals surface area contributed by atoms with Crippen LogP contribution in [0, 0.1) is 5.92 Å². The molecule has 0 saturated carbocycles. The van der Waals surface area contributed by atoms with Gasteiger partial charge in [-0.25, -0.2) is 4.68 Å². The van der Waals surface area contributed by atoms with Crippen LogP contribution in [0.4, 0.5) is 0 Å². The minimum Gasteiger partial charge on any atom is -0.480 e. The predicted octanol–water partition coefficient (Wildman–Crippen LogP) is 0.517. The van der Waals surface area contributed by atoms with Gasteiger partial charge in [0.05, 0.1) is 0 Å². The van der Waals surface area contributed by atoms with Crippen LogP contribution in [0.15, 0.2) is 0 Å². The third-order valence-corrected chi connectivity index (χ3v) is 2.25. The Hall–Kier alpha value is -1.46. The molecule has 78 valence electrons. The molecule has 6 nitrogen and oxygen atoms in total. The molecular formula is C8H14N4O2. The van der Waals surface area contributed by atoms with E-state index < -0.39 is 5.97 Å². The highest BCUT2D eigenvalue weighted by Crippen LogP contribution is 2.20. The third-order valence-electron chi connectivity index (χ3n) is 2.25.